The molecule has 0 bridgehead atoms. The van der Waals surface area contributed by atoms with Crippen molar-refractivity contribution in [3.8, 4) is 11.3 Å². The van der Waals surface area contributed by atoms with Gasteiger partial charge in [0.1, 0.15) is 11.3 Å². The van der Waals surface area contributed by atoms with Gasteiger partial charge in [-0.15, -0.1) is 0 Å². The predicted molar refractivity (Wildman–Crippen MR) is 114 cm³/mol. The van der Waals surface area contributed by atoms with Gasteiger partial charge in [0, 0.05) is 26.0 Å². The van der Waals surface area contributed by atoms with E-state index in [1.807, 2.05) is 0 Å². The van der Waals surface area contributed by atoms with Crippen molar-refractivity contribution in [2.45, 2.75) is 9.79 Å². The van der Waals surface area contributed by atoms with Crippen LogP contribution in [0.2, 0.25) is 15.1 Å². The Hall–Kier alpha value is -2.18. The fourth-order valence-corrected chi connectivity index (χ4v) is 5.37. The Labute approximate surface area is 181 Å². The molecule has 0 aliphatic rings. The number of sulfone groups is 1. The third-order valence-corrected chi connectivity index (χ3v) is 6.71. The number of benzene rings is 3. The number of pyridine rings is 1. The summed E-state index contributed by atoms with van der Waals surface area (Å²) in [5.74, 6) is -0.555. The van der Waals surface area contributed by atoms with Crippen LogP contribution in [-0.4, -0.2) is 13.4 Å². The number of halogens is 4. The van der Waals surface area contributed by atoms with Gasteiger partial charge in [0.25, 0.3) is 0 Å². The molecule has 4 aromatic rings. The van der Waals surface area contributed by atoms with Crippen molar-refractivity contribution in [2.75, 3.05) is 0 Å². The first-order valence-electron chi connectivity index (χ1n) is 8.32. The van der Waals surface area contributed by atoms with Gasteiger partial charge < -0.3 is 0 Å². The molecule has 0 radical (unpaired) electrons. The van der Waals surface area contributed by atoms with Crippen LogP contribution in [0.1, 0.15) is 0 Å². The third kappa shape index (κ3) is 3.83. The van der Waals surface area contributed by atoms with Gasteiger partial charge in [-0.25, -0.2) is 17.8 Å². The van der Waals surface area contributed by atoms with E-state index >= 15 is 0 Å². The number of rotatable bonds is 3. The second kappa shape index (κ2) is 7.58. The summed E-state index contributed by atoms with van der Waals surface area (Å²) in [5, 5.41) is 1.11. The fraction of sp³-hybridized carbons (Fsp3) is 0. The molecule has 1 heterocycles. The Morgan fingerprint density at radius 1 is 0.793 bits per heavy atom. The first-order chi connectivity index (χ1) is 13.8. The lowest BCUT2D eigenvalue weighted by molar-refractivity contribution is 0.596. The van der Waals surface area contributed by atoms with E-state index in [9.17, 15) is 12.8 Å². The molecule has 0 aliphatic heterocycles. The highest BCUT2D eigenvalue weighted by Crippen LogP contribution is 2.35. The lowest BCUT2D eigenvalue weighted by Crippen LogP contribution is -2.06. The Morgan fingerprint density at radius 3 is 2.17 bits per heavy atom. The van der Waals surface area contributed by atoms with Crippen molar-refractivity contribution in [1.29, 1.82) is 0 Å². The molecule has 4 rings (SSSR count). The summed E-state index contributed by atoms with van der Waals surface area (Å²) in [6.07, 6.45) is 0. The molecule has 3 aromatic carbocycles. The zero-order valence-electron chi connectivity index (χ0n) is 14.5. The zero-order valence-corrected chi connectivity index (χ0v) is 17.6. The number of hydrogen-bond acceptors (Lipinski definition) is 3. The molecular formula is C21H11Cl3FNO2S. The summed E-state index contributed by atoms with van der Waals surface area (Å²) in [7, 11) is -4.08. The second-order valence-electron chi connectivity index (χ2n) is 6.27. The molecule has 29 heavy (non-hydrogen) atoms. The maximum absolute atomic E-state index is 14.3. The number of nitrogens with zero attached hydrogens (tertiary/aromatic N) is 1. The maximum Gasteiger partial charge on any atom is 0.208 e. The molecular weight excluding hydrogens is 456 g/mol. The van der Waals surface area contributed by atoms with Crippen molar-refractivity contribution in [3.05, 3.63) is 87.6 Å². The van der Waals surface area contributed by atoms with Crippen molar-refractivity contribution in [2.24, 2.45) is 0 Å². The van der Waals surface area contributed by atoms with E-state index in [2.05, 4.69) is 4.98 Å². The quantitative estimate of drug-likeness (QED) is 0.332. The van der Waals surface area contributed by atoms with E-state index in [-0.39, 0.29) is 31.0 Å². The maximum atomic E-state index is 14.3. The minimum absolute atomic E-state index is 0.0607. The number of fused-ring (bicyclic) bond motifs is 1. The Kier molecular flexibility index (Phi) is 5.25. The lowest BCUT2D eigenvalue weighted by Gasteiger charge is -2.13. The Balaban J connectivity index is 2.08. The molecule has 0 fully saturated rings. The minimum atomic E-state index is -4.08. The van der Waals surface area contributed by atoms with Crippen molar-refractivity contribution >= 4 is 55.5 Å². The Bertz CT molecular complexity index is 1350. The van der Waals surface area contributed by atoms with Gasteiger partial charge in [-0.05, 0) is 42.5 Å². The van der Waals surface area contributed by atoms with Gasteiger partial charge >= 0.3 is 0 Å². The van der Waals surface area contributed by atoms with E-state index in [0.717, 1.165) is 0 Å². The van der Waals surface area contributed by atoms with Gasteiger partial charge in [-0.3, -0.25) is 0 Å². The van der Waals surface area contributed by atoms with Gasteiger partial charge in [-0.2, -0.15) is 0 Å². The van der Waals surface area contributed by atoms with Crippen LogP contribution in [0.4, 0.5) is 4.39 Å². The summed E-state index contributed by atoms with van der Waals surface area (Å²) >= 11 is 18.1. The molecule has 0 N–H and O–H groups in total. The number of aromatic nitrogens is 1. The van der Waals surface area contributed by atoms with Gasteiger partial charge in [0.05, 0.1) is 15.5 Å². The minimum Gasteiger partial charge on any atom is -0.243 e. The van der Waals surface area contributed by atoms with Crippen LogP contribution in [0.5, 0.6) is 0 Å². The molecule has 0 aliphatic carbocycles. The van der Waals surface area contributed by atoms with Crippen LogP contribution in [0, 0.1) is 5.82 Å². The highest BCUT2D eigenvalue weighted by atomic mass is 35.5. The summed E-state index contributed by atoms with van der Waals surface area (Å²) in [5.41, 5.74) is 0.584. The average Bonchev–Trinajstić information content (AvgIpc) is 2.66. The van der Waals surface area contributed by atoms with E-state index < -0.39 is 15.7 Å². The molecule has 0 saturated carbocycles. The molecule has 8 heteroatoms. The van der Waals surface area contributed by atoms with Gasteiger partial charge in [0.2, 0.25) is 9.84 Å². The molecule has 3 nitrogen and oxygen atoms in total. The molecule has 146 valence electrons. The number of hydrogen-bond donors (Lipinski definition) is 0. The first kappa shape index (κ1) is 20.1. The molecule has 0 amide bonds. The van der Waals surface area contributed by atoms with Crippen LogP contribution in [0.3, 0.4) is 0 Å². The molecule has 1 aromatic heterocycles. The topological polar surface area (TPSA) is 47.0 Å². The highest BCUT2D eigenvalue weighted by molar-refractivity contribution is 7.91. The monoisotopic (exact) mass is 465 g/mol. The molecule has 0 saturated heterocycles. The van der Waals surface area contributed by atoms with E-state index in [4.69, 9.17) is 34.8 Å². The fourth-order valence-electron chi connectivity index (χ4n) is 3.00. The van der Waals surface area contributed by atoms with Gasteiger partial charge in [0.15, 0.2) is 0 Å². The average molecular weight is 467 g/mol. The van der Waals surface area contributed by atoms with Gasteiger partial charge in [-0.1, -0.05) is 59.1 Å². The van der Waals surface area contributed by atoms with Crippen molar-refractivity contribution < 1.29 is 12.8 Å². The van der Waals surface area contributed by atoms with Crippen LogP contribution >= 0.6 is 34.8 Å². The van der Waals surface area contributed by atoms with Crippen LogP contribution < -0.4 is 0 Å². The SMILES string of the molecule is O=S(=O)(c1cc(Cl)cc(Cl)c1)c1cc2cccc(F)c2nc1-c1cccc(Cl)c1. The van der Waals surface area contributed by atoms with Crippen LogP contribution in [0.15, 0.2) is 76.5 Å². The van der Waals surface area contributed by atoms with E-state index in [0.29, 0.717) is 16.0 Å². The Morgan fingerprint density at radius 2 is 1.48 bits per heavy atom. The van der Waals surface area contributed by atoms with Crippen molar-refractivity contribution in [3.63, 3.8) is 0 Å². The third-order valence-electron chi connectivity index (χ3n) is 4.30. The summed E-state index contributed by atoms with van der Waals surface area (Å²) in [6.45, 7) is 0. The summed E-state index contributed by atoms with van der Waals surface area (Å²) < 4.78 is 41.3. The highest BCUT2D eigenvalue weighted by Gasteiger charge is 2.25. The first-order valence-corrected chi connectivity index (χ1v) is 10.9. The number of para-hydroxylation sites is 1. The van der Waals surface area contributed by atoms with Crippen LogP contribution in [-0.2, 0) is 9.84 Å². The smallest absolute Gasteiger partial charge is 0.208 e. The van der Waals surface area contributed by atoms with E-state index in [1.165, 1.54) is 36.4 Å². The molecule has 0 atom stereocenters. The second-order valence-corrected chi connectivity index (χ2v) is 9.49. The van der Waals surface area contributed by atoms with E-state index in [1.54, 1.807) is 30.3 Å². The predicted octanol–water partition coefficient (Wildman–Crippen LogP) is 6.83. The lowest BCUT2D eigenvalue weighted by atomic mass is 10.1. The summed E-state index contributed by atoms with van der Waals surface area (Å²) in [4.78, 5) is 4.16. The summed E-state index contributed by atoms with van der Waals surface area (Å²) in [6, 6.07) is 16.3. The van der Waals surface area contributed by atoms with Crippen LogP contribution in [0.25, 0.3) is 22.2 Å². The zero-order chi connectivity index (χ0) is 20.8. The molecule has 0 unspecified atom stereocenters. The largest absolute Gasteiger partial charge is 0.243 e. The van der Waals surface area contributed by atoms with Crippen molar-refractivity contribution in [1.82, 2.24) is 4.98 Å². The standard InChI is InChI=1S/C21H11Cl3FNO2S/c22-14-5-1-3-12(7-14)21-19(8-13-4-2-6-18(25)20(13)26-21)29(27,28)17-10-15(23)9-16(24)11-17/h1-11H. The molecule has 0 spiro atoms. The normalized spacial score (nSPS) is 11.7.